The predicted molar refractivity (Wildman–Crippen MR) is 241 cm³/mol. The highest BCUT2D eigenvalue weighted by Gasteiger charge is 2.41. The molecule has 0 spiro atoms. The van der Waals surface area contributed by atoms with Crippen LogP contribution in [-0.2, 0) is 30.7 Å². The second-order valence-corrected chi connectivity index (χ2v) is 16.8. The van der Waals surface area contributed by atoms with Crippen LogP contribution >= 0.6 is 23.2 Å². The van der Waals surface area contributed by atoms with E-state index in [1.807, 2.05) is 73.1 Å². The molecule has 6 heterocycles. The van der Waals surface area contributed by atoms with Gasteiger partial charge in [-0.3, -0.25) is 25.4 Å². The number of halogens is 2. The topological polar surface area (TPSA) is 151 Å². The van der Waals surface area contributed by atoms with Crippen molar-refractivity contribution in [2.24, 2.45) is 11.5 Å². The fourth-order valence-electron chi connectivity index (χ4n) is 9.12. The first-order valence-electron chi connectivity index (χ1n) is 20.5. The summed E-state index contributed by atoms with van der Waals surface area (Å²) in [6, 6.07) is 35.2. The number of pyridine rings is 2. The van der Waals surface area contributed by atoms with Crippen molar-refractivity contribution in [1.29, 1.82) is 0 Å². The standard InChI is InChI=1S/C49H44Cl2N8O/c50-37-13-11-33(43-23-29-21-27(7-17-41(29)58-43)39(52)15-9-31-5-1-3-19-54-31)45-35(37)25-56-47(45)49(60)48-46-34(12-14-38(51)36(46)26-57-48)44-24-30-22-28(8-18-42(30)59-44)40(53)16-10-32-6-2-4-20-55-32/h1-8,11-14,17-24,39-40,47-48,56-59H,9-10,15-16,25-26,52-53H2. The third-order valence-corrected chi connectivity index (χ3v) is 13.0. The number of fused-ring (bicyclic) bond motifs is 4. The Balaban J connectivity index is 0.936. The van der Waals surface area contributed by atoms with Crippen LogP contribution in [0.25, 0.3) is 44.3 Å². The van der Waals surface area contributed by atoms with Crippen LogP contribution in [0, 0.1) is 0 Å². The molecular weight excluding hydrogens is 787 g/mol. The molecule has 0 saturated carbocycles. The van der Waals surface area contributed by atoms with Crippen molar-refractivity contribution in [2.45, 2.75) is 62.9 Å². The van der Waals surface area contributed by atoms with Crippen LogP contribution in [0.4, 0.5) is 0 Å². The maximum atomic E-state index is 15.0. The van der Waals surface area contributed by atoms with E-state index in [0.29, 0.717) is 23.1 Å². The van der Waals surface area contributed by atoms with Crippen molar-refractivity contribution in [1.82, 2.24) is 30.6 Å². The fourth-order valence-corrected chi connectivity index (χ4v) is 9.58. The van der Waals surface area contributed by atoms with Gasteiger partial charge in [0.15, 0.2) is 5.78 Å². The van der Waals surface area contributed by atoms with Gasteiger partial charge in [-0.05, 0) is 132 Å². The summed E-state index contributed by atoms with van der Waals surface area (Å²) in [5.74, 6) is 0.00841. The Morgan fingerprint density at radius 3 is 1.52 bits per heavy atom. The van der Waals surface area contributed by atoms with Crippen LogP contribution in [0.2, 0.25) is 10.0 Å². The first kappa shape index (κ1) is 38.5. The van der Waals surface area contributed by atoms with Gasteiger partial charge in [0, 0.05) is 103 Å². The molecule has 8 N–H and O–H groups in total. The quantitative estimate of drug-likeness (QED) is 0.0718. The average molecular weight is 832 g/mol. The first-order chi connectivity index (χ1) is 29.3. The minimum Gasteiger partial charge on any atom is -0.355 e. The van der Waals surface area contributed by atoms with Crippen molar-refractivity contribution in [3.63, 3.8) is 0 Å². The molecule has 0 saturated heterocycles. The van der Waals surface area contributed by atoms with Crippen LogP contribution in [0.15, 0.2) is 122 Å². The summed E-state index contributed by atoms with van der Waals surface area (Å²) in [5, 5.41) is 10.4. The van der Waals surface area contributed by atoms with Crippen molar-refractivity contribution < 1.29 is 4.79 Å². The van der Waals surface area contributed by atoms with E-state index in [-0.39, 0.29) is 17.9 Å². The number of nitrogens with one attached hydrogen (secondary N) is 4. The predicted octanol–water partition coefficient (Wildman–Crippen LogP) is 9.90. The maximum Gasteiger partial charge on any atom is 0.175 e. The molecule has 300 valence electrons. The zero-order chi connectivity index (χ0) is 40.9. The fraction of sp³-hybridized carbons (Fsp3) is 0.204. The number of hydrogen-bond acceptors (Lipinski definition) is 7. The summed E-state index contributed by atoms with van der Waals surface area (Å²) in [6.45, 7) is 0.953. The van der Waals surface area contributed by atoms with Gasteiger partial charge in [-0.1, -0.05) is 59.6 Å². The van der Waals surface area contributed by atoms with E-state index < -0.39 is 12.1 Å². The van der Waals surface area contributed by atoms with Crippen LogP contribution in [0.1, 0.15) is 81.8 Å². The third-order valence-electron chi connectivity index (χ3n) is 12.3. The zero-order valence-electron chi connectivity index (χ0n) is 32.8. The lowest BCUT2D eigenvalue weighted by Gasteiger charge is -2.21. The number of carbonyl (C=O) groups excluding carboxylic acids is 1. The number of Topliss-reactive ketones (excluding diaryl/α,β-unsaturated/α-hetero) is 1. The Kier molecular flexibility index (Phi) is 10.3. The van der Waals surface area contributed by atoms with Crippen LogP contribution in [-0.4, -0.2) is 25.7 Å². The van der Waals surface area contributed by atoms with Crippen LogP contribution < -0.4 is 22.1 Å². The summed E-state index contributed by atoms with van der Waals surface area (Å²) in [7, 11) is 0. The van der Waals surface area contributed by atoms with E-state index in [9.17, 15) is 0 Å². The van der Waals surface area contributed by atoms with Crippen molar-refractivity contribution >= 4 is 50.8 Å². The summed E-state index contributed by atoms with van der Waals surface area (Å²) < 4.78 is 0. The Hall–Kier alpha value is -5.65. The molecular formula is C49H44Cl2N8O. The SMILES string of the molecule is NC(CCc1ccccn1)c1ccc2[nH]c(-c3ccc(Cl)c4c3C(C(=O)C3NCc5c(Cl)ccc(-c6cc7cc(C(N)CCc8ccccn8)ccc7[nH]6)c53)NC4)cc2c1. The molecule has 0 fully saturated rings. The molecule has 4 aromatic heterocycles. The van der Waals surface area contributed by atoms with Gasteiger partial charge in [0.25, 0.3) is 0 Å². The summed E-state index contributed by atoms with van der Waals surface area (Å²) >= 11 is 13.7. The molecule has 0 radical (unpaired) electrons. The second kappa shape index (κ2) is 16.1. The van der Waals surface area contributed by atoms with Crippen molar-refractivity contribution in [3.05, 3.63) is 176 Å². The van der Waals surface area contributed by atoms with E-state index in [1.165, 1.54) is 0 Å². The Bertz CT molecular complexity index is 2700. The molecule has 4 atom stereocenters. The first-order valence-corrected chi connectivity index (χ1v) is 21.2. The second-order valence-electron chi connectivity index (χ2n) is 16.0. The number of benzene rings is 4. The number of nitrogens with zero attached hydrogens (tertiary/aromatic N) is 2. The van der Waals surface area contributed by atoms with E-state index >= 15 is 4.79 Å². The largest absolute Gasteiger partial charge is 0.355 e. The number of aromatic amines is 2. The zero-order valence-corrected chi connectivity index (χ0v) is 34.3. The monoisotopic (exact) mass is 830 g/mol. The highest BCUT2D eigenvalue weighted by molar-refractivity contribution is 6.32. The van der Waals surface area contributed by atoms with Crippen LogP contribution in [0.5, 0.6) is 0 Å². The van der Waals surface area contributed by atoms with Gasteiger partial charge in [-0.15, -0.1) is 0 Å². The molecule has 4 aromatic carbocycles. The van der Waals surface area contributed by atoms with Gasteiger partial charge in [0.05, 0.1) is 12.1 Å². The Labute approximate surface area is 357 Å². The minimum absolute atomic E-state index is 0.00841. The highest BCUT2D eigenvalue weighted by atomic mass is 35.5. The van der Waals surface area contributed by atoms with Gasteiger partial charge in [0.1, 0.15) is 0 Å². The summed E-state index contributed by atoms with van der Waals surface area (Å²) in [6.07, 6.45) is 6.81. The van der Waals surface area contributed by atoms with Gasteiger partial charge in [0.2, 0.25) is 0 Å². The summed E-state index contributed by atoms with van der Waals surface area (Å²) in [4.78, 5) is 31.2. The van der Waals surface area contributed by atoms with Gasteiger partial charge >= 0.3 is 0 Å². The highest BCUT2D eigenvalue weighted by Crippen LogP contribution is 2.45. The number of H-pyrrole nitrogens is 2. The molecule has 0 bridgehead atoms. The number of carbonyl (C=O) groups is 1. The number of hydrogen-bond donors (Lipinski definition) is 6. The van der Waals surface area contributed by atoms with Gasteiger partial charge in [-0.25, -0.2) is 0 Å². The molecule has 0 aliphatic carbocycles. The lowest BCUT2D eigenvalue weighted by Crippen LogP contribution is -2.32. The molecule has 9 nitrogen and oxygen atoms in total. The normalized spacial score (nSPS) is 16.9. The van der Waals surface area contributed by atoms with Gasteiger partial charge < -0.3 is 21.4 Å². The van der Waals surface area contributed by atoms with Crippen molar-refractivity contribution in [2.75, 3.05) is 0 Å². The number of nitrogens with two attached hydrogens (primary N) is 2. The molecule has 8 aromatic rings. The minimum atomic E-state index is -0.608. The Morgan fingerprint density at radius 2 is 1.08 bits per heavy atom. The third kappa shape index (κ3) is 7.21. The van der Waals surface area contributed by atoms with E-state index in [4.69, 9.17) is 34.7 Å². The van der Waals surface area contributed by atoms with E-state index in [0.717, 1.165) is 115 Å². The van der Waals surface area contributed by atoms with Crippen molar-refractivity contribution in [3.8, 4) is 22.5 Å². The van der Waals surface area contributed by atoms with Crippen LogP contribution in [0.3, 0.4) is 0 Å². The van der Waals surface area contributed by atoms with Gasteiger partial charge in [-0.2, -0.15) is 0 Å². The molecule has 0 amide bonds. The number of rotatable bonds is 12. The van der Waals surface area contributed by atoms with E-state index in [1.54, 1.807) is 0 Å². The molecule has 10 rings (SSSR count). The number of ketones is 1. The number of aryl methyl sites for hydroxylation is 2. The smallest absolute Gasteiger partial charge is 0.175 e. The lowest BCUT2D eigenvalue weighted by molar-refractivity contribution is -0.123. The molecule has 11 heteroatoms. The average Bonchev–Trinajstić information content (AvgIpc) is 4.10. The molecule has 60 heavy (non-hydrogen) atoms. The maximum absolute atomic E-state index is 15.0. The summed E-state index contributed by atoms with van der Waals surface area (Å²) in [5.41, 5.74) is 26.9. The molecule has 2 aliphatic heterocycles. The van der Waals surface area contributed by atoms with E-state index in [2.05, 4.69) is 79.1 Å². The lowest BCUT2D eigenvalue weighted by atomic mass is 9.87. The molecule has 4 unspecified atom stereocenters. The number of aromatic nitrogens is 4. The Morgan fingerprint density at radius 1 is 0.617 bits per heavy atom. The molecule has 2 aliphatic rings.